The number of aromatic nitrogens is 1. The first-order chi connectivity index (χ1) is 12.1. The van der Waals surface area contributed by atoms with Crippen molar-refractivity contribution in [2.24, 2.45) is 5.73 Å². The highest BCUT2D eigenvalue weighted by atomic mass is 16.5. The van der Waals surface area contributed by atoms with E-state index in [2.05, 4.69) is 56.1 Å². The number of nitrogens with one attached hydrogen (secondary N) is 1. The minimum absolute atomic E-state index is 0.740. The van der Waals surface area contributed by atoms with E-state index in [4.69, 9.17) is 10.5 Å². The quantitative estimate of drug-likeness (QED) is 0.619. The van der Waals surface area contributed by atoms with Crippen molar-refractivity contribution in [2.45, 2.75) is 40.0 Å². The van der Waals surface area contributed by atoms with Gasteiger partial charge in [0.2, 0.25) is 0 Å². The van der Waals surface area contributed by atoms with Crippen LogP contribution < -0.4 is 10.5 Å². The number of para-hydroxylation sites is 1. The molecule has 0 saturated heterocycles. The molecular formula is C22H28N2O. The molecule has 0 aliphatic carbocycles. The van der Waals surface area contributed by atoms with Crippen LogP contribution in [0, 0.1) is 20.8 Å². The van der Waals surface area contributed by atoms with Crippen LogP contribution in [0.15, 0.2) is 30.3 Å². The molecule has 2 aromatic carbocycles. The molecule has 1 aromatic heterocycles. The Kier molecular flexibility index (Phi) is 5.14. The van der Waals surface area contributed by atoms with Crippen molar-refractivity contribution in [3.8, 4) is 17.0 Å². The van der Waals surface area contributed by atoms with E-state index in [1.165, 1.54) is 33.3 Å². The molecule has 0 bridgehead atoms. The summed E-state index contributed by atoms with van der Waals surface area (Å²) in [5, 5.41) is 1.35. The Morgan fingerprint density at radius 2 is 1.84 bits per heavy atom. The maximum atomic E-state index is 5.72. The number of H-pyrrole nitrogens is 1. The number of rotatable bonds is 6. The first-order valence-corrected chi connectivity index (χ1v) is 9.02. The summed E-state index contributed by atoms with van der Waals surface area (Å²) in [7, 11) is 1.75. The summed E-state index contributed by atoms with van der Waals surface area (Å²) in [5.74, 6) is 0.948. The third-order valence-corrected chi connectivity index (χ3v) is 4.91. The van der Waals surface area contributed by atoms with E-state index in [0.717, 1.165) is 42.7 Å². The van der Waals surface area contributed by atoms with Gasteiger partial charge in [-0.15, -0.1) is 0 Å². The van der Waals surface area contributed by atoms with Gasteiger partial charge in [0.15, 0.2) is 0 Å². The summed E-state index contributed by atoms with van der Waals surface area (Å²) in [6.45, 7) is 7.18. The average molecular weight is 336 g/mol. The third-order valence-electron chi connectivity index (χ3n) is 4.91. The van der Waals surface area contributed by atoms with E-state index >= 15 is 0 Å². The number of ether oxygens (including phenoxy) is 1. The van der Waals surface area contributed by atoms with Crippen molar-refractivity contribution in [3.63, 3.8) is 0 Å². The highest BCUT2D eigenvalue weighted by molar-refractivity contribution is 5.94. The van der Waals surface area contributed by atoms with Crippen LogP contribution in [0.25, 0.3) is 22.2 Å². The van der Waals surface area contributed by atoms with Crippen LogP contribution in [0.4, 0.5) is 0 Å². The smallest absolute Gasteiger partial charge is 0.131 e. The molecule has 0 unspecified atom stereocenters. The van der Waals surface area contributed by atoms with Gasteiger partial charge in [-0.3, -0.25) is 0 Å². The Morgan fingerprint density at radius 1 is 1.04 bits per heavy atom. The summed E-state index contributed by atoms with van der Waals surface area (Å²) < 4.78 is 5.72. The molecule has 0 amide bonds. The largest absolute Gasteiger partial charge is 0.496 e. The highest BCUT2D eigenvalue weighted by Gasteiger charge is 2.18. The summed E-state index contributed by atoms with van der Waals surface area (Å²) in [6.07, 6.45) is 3.16. The van der Waals surface area contributed by atoms with Crippen molar-refractivity contribution < 1.29 is 4.74 Å². The molecule has 132 valence electrons. The lowest BCUT2D eigenvalue weighted by molar-refractivity contribution is 0.413. The molecule has 0 aliphatic heterocycles. The molecule has 3 nitrogen and oxygen atoms in total. The van der Waals surface area contributed by atoms with Crippen molar-refractivity contribution >= 4 is 10.9 Å². The second-order valence-electron chi connectivity index (χ2n) is 6.88. The fourth-order valence-corrected chi connectivity index (χ4v) is 3.85. The molecule has 3 aromatic rings. The van der Waals surface area contributed by atoms with Crippen LogP contribution in [0.2, 0.25) is 0 Å². The summed E-state index contributed by atoms with van der Waals surface area (Å²) in [5.41, 5.74) is 14.4. The lowest BCUT2D eigenvalue weighted by Gasteiger charge is -2.12. The van der Waals surface area contributed by atoms with Crippen LogP contribution in [0.3, 0.4) is 0 Å². The molecule has 0 spiro atoms. The van der Waals surface area contributed by atoms with Gasteiger partial charge in [-0.05, 0) is 81.0 Å². The van der Waals surface area contributed by atoms with E-state index in [9.17, 15) is 0 Å². The van der Waals surface area contributed by atoms with E-state index in [0.29, 0.717) is 0 Å². The number of methoxy groups -OCH3 is 1. The van der Waals surface area contributed by atoms with E-state index in [1.54, 1.807) is 7.11 Å². The predicted octanol–water partition coefficient (Wildman–Crippen LogP) is 5.05. The number of aryl methyl sites for hydroxylation is 4. The van der Waals surface area contributed by atoms with E-state index in [1.807, 2.05) is 0 Å². The number of benzene rings is 2. The Morgan fingerprint density at radius 3 is 2.56 bits per heavy atom. The van der Waals surface area contributed by atoms with Crippen molar-refractivity contribution in [2.75, 3.05) is 13.7 Å². The number of unbranched alkanes of at least 4 members (excludes halogenated alkanes) is 1. The molecular weight excluding hydrogens is 308 g/mol. The van der Waals surface area contributed by atoms with Gasteiger partial charge < -0.3 is 15.5 Å². The van der Waals surface area contributed by atoms with Crippen LogP contribution in [-0.4, -0.2) is 18.6 Å². The Labute approximate surface area is 150 Å². The van der Waals surface area contributed by atoms with Gasteiger partial charge in [-0.1, -0.05) is 18.2 Å². The number of nitrogens with two attached hydrogens (primary N) is 1. The van der Waals surface area contributed by atoms with Crippen LogP contribution in [0.1, 0.15) is 35.1 Å². The standard InChI is InChI=1S/C22H28N2O/c1-14-12-16(3)20-17(9-5-6-11-23)21(24-19(20)13-14)18-10-7-8-15(2)22(18)25-4/h7-8,10,12-13,24H,5-6,9,11,23H2,1-4H3. The second kappa shape index (κ2) is 7.32. The maximum absolute atomic E-state index is 5.72. The minimum Gasteiger partial charge on any atom is -0.496 e. The topological polar surface area (TPSA) is 51.0 Å². The highest BCUT2D eigenvalue weighted by Crippen LogP contribution is 2.39. The summed E-state index contributed by atoms with van der Waals surface area (Å²) in [4.78, 5) is 3.68. The molecule has 3 heteroatoms. The normalized spacial score (nSPS) is 11.2. The third kappa shape index (κ3) is 3.29. The van der Waals surface area contributed by atoms with Crippen LogP contribution >= 0.6 is 0 Å². The second-order valence-corrected chi connectivity index (χ2v) is 6.88. The van der Waals surface area contributed by atoms with Crippen LogP contribution in [0.5, 0.6) is 5.75 Å². The van der Waals surface area contributed by atoms with E-state index < -0.39 is 0 Å². The minimum atomic E-state index is 0.740. The number of hydrogen-bond donors (Lipinski definition) is 2. The molecule has 3 N–H and O–H groups in total. The first kappa shape index (κ1) is 17.6. The summed E-state index contributed by atoms with van der Waals surface area (Å²) in [6, 6.07) is 10.8. The van der Waals surface area contributed by atoms with Gasteiger partial charge in [0.25, 0.3) is 0 Å². The van der Waals surface area contributed by atoms with Crippen molar-refractivity contribution in [1.29, 1.82) is 0 Å². The monoisotopic (exact) mass is 336 g/mol. The molecule has 25 heavy (non-hydrogen) atoms. The number of hydrogen-bond acceptors (Lipinski definition) is 2. The zero-order valence-corrected chi connectivity index (χ0v) is 15.7. The fourth-order valence-electron chi connectivity index (χ4n) is 3.85. The molecule has 3 rings (SSSR count). The molecule has 0 aliphatic rings. The lowest BCUT2D eigenvalue weighted by atomic mass is 9.96. The Hall–Kier alpha value is -2.26. The molecule has 0 saturated carbocycles. The first-order valence-electron chi connectivity index (χ1n) is 9.02. The van der Waals surface area contributed by atoms with E-state index in [-0.39, 0.29) is 0 Å². The molecule has 0 radical (unpaired) electrons. The molecule has 0 atom stereocenters. The van der Waals surface area contributed by atoms with Gasteiger partial charge in [0, 0.05) is 16.5 Å². The van der Waals surface area contributed by atoms with Gasteiger partial charge in [-0.25, -0.2) is 0 Å². The van der Waals surface area contributed by atoms with Crippen molar-refractivity contribution in [1.82, 2.24) is 4.98 Å². The fraction of sp³-hybridized carbons (Fsp3) is 0.364. The van der Waals surface area contributed by atoms with Gasteiger partial charge in [-0.2, -0.15) is 0 Å². The zero-order chi connectivity index (χ0) is 18.0. The van der Waals surface area contributed by atoms with Gasteiger partial charge in [0.1, 0.15) is 5.75 Å². The lowest BCUT2D eigenvalue weighted by Crippen LogP contribution is -2.00. The van der Waals surface area contributed by atoms with Crippen molar-refractivity contribution in [3.05, 3.63) is 52.6 Å². The molecule has 1 heterocycles. The van der Waals surface area contributed by atoms with Gasteiger partial charge >= 0.3 is 0 Å². The Bertz CT molecular complexity index is 893. The average Bonchev–Trinajstić information content (AvgIpc) is 2.93. The maximum Gasteiger partial charge on any atom is 0.131 e. The summed E-state index contributed by atoms with van der Waals surface area (Å²) >= 11 is 0. The number of aromatic amines is 1. The SMILES string of the molecule is COc1c(C)cccc1-c1[nH]c2cc(C)cc(C)c2c1CCCCN. The van der Waals surface area contributed by atoms with Gasteiger partial charge in [0.05, 0.1) is 12.8 Å². The predicted molar refractivity (Wildman–Crippen MR) is 106 cm³/mol. The Balaban J connectivity index is 2.25. The number of fused-ring (bicyclic) bond motifs is 1. The van der Waals surface area contributed by atoms with Crippen LogP contribution in [-0.2, 0) is 6.42 Å². The molecule has 0 fully saturated rings. The zero-order valence-electron chi connectivity index (χ0n) is 15.7.